The van der Waals surface area contributed by atoms with Crippen LogP contribution in [-0.4, -0.2) is 40.1 Å². The van der Waals surface area contributed by atoms with Crippen molar-refractivity contribution in [3.63, 3.8) is 0 Å². The molecule has 2 rings (SSSR count). The highest BCUT2D eigenvalue weighted by molar-refractivity contribution is 5.66. The van der Waals surface area contributed by atoms with Crippen molar-refractivity contribution in [2.45, 2.75) is 98.2 Å². The van der Waals surface area contributed by atoms with Crippen LogP contribution in [0.2, 0.25) is 0 Å². The van der Waals surface area contributed by atoms with E-state index in [2.05, 4.69) is 51.1 Å². The van der Waals surface area contributed by atoms with Crippen molar-refractivity contribution in [1.82, 2.24) is 0 Å². The molecule has 0 aliphatic rings. The van der Waals surface area contributed by atoms with E-state index in [9.17, 15) is 15.0 Å². The van der Waals surface area contributed by atoms with Crippen LogP contribution in [0.5, 0.6) is 5.75 Å². The first-order chi connectivity index (χ1) is 17.3. The Morgan fingerprint density at radius 3 is 2.08 bits per heavy atom. The average Bonchev–Trinajstić information content (AvgIpc) is 2.83. The Labute approximate surface area is 223 Å². The van der Waals surface area contributed by atoms with Crippen LogP contribution in [0, 0.1) is 19.3 Å². The van der Waals surface area contributed by atoms with Gasteiger partial charge in [0.05, 0.1) is 12.2 Å². The second-order valence-electron chi connectivity index (χ2n) is 11.3. The van der Waals surface area contributed by atoms with E-state index in [4.69, 9.17) is 9.84 Å². The van der Waals surface area contributed by atoms with Gasteiger partial charge < -0.3 is 20.1 Å². The van der Waals surface area contributed by atoms with E-state index in [1.807, 2.05) is 45.9 Å². The fourth-order valence-electron chi connectivity index (χ4n) is 4.74. The Morgan fingerprint density at radius 2 is 1.57 bits per heavy atom. The van der Waals surface area contributed by atoms with Crippen molar-refractivity contribution in [3.05, 3.63) is 70.3 Å². The van der Waals surface area contributed by atoms with Crippen molar-refractivity contribution in [3.8, 4) is 5.75 Å². The average molecular weight is 511 g/mol. The Kier molecular flexibility index (Phi) is 11.0. The number of carboxylic acid groups (broad SMARTS) is 1. The second-order valence-corrected chi connectivity index (χ2v) is 11.3. The van der Waals surface area contributed by atoms with Gasteiger partial charge in [-0.25, -0.2) is 0 Å². The summed E-state index contributed by atoms with van der Waals surface area (Å²) in [6, 6.07) is 12.9. The number of aliphatic carboxylic acids is 1. The van der Waals surface area contributed by atoms with Crippen LogP contribution in [0.1, 0.15) is 94.5 Å². The minimum atomic E-state index is -0.851. The summed E-state index contributed by atoms with van der Waals surface area (Å²) in [5, 5.41) is 29.3. The van der Waals surface area contributed by atoms with E-state index in [1.165, 1.54) is 16.7 Å². The molecule has 0 saturated heterocycles. The normalized spacial score (nSPS) is 14.1. The van der Waals surface area contributed by atoms with Gasteiger partial charge in [-0.1, -0.05) is 77.1 Å². The molecule has 5 nitrogen and oxygen atoms in total. The number of aliphatic hydroxyl groups excluding tert-OH is 2. The van der Waals surface area contributed by atoms with Crippen LogP contribution in [0.4, 0.5) is 0 Å². The van der Waals surface area contributed by atoms with Gasteiger partial charge in [0, 0.05) is 11.8 Å². The van der Waals surface area contributed by atoms with Crippen LogP contribution < -0.4 is 4.74 Å². The zero-order valence-corrected chi connectivity index (χ0v) is 23.7. The zero-order chi connectivity index (χ0) is 27.8. The molecule has 0 aliphatic heterocycles. The maximum Gasteiger partial charge on any atom is 0.303 e. The van der Waals surface area contributed by atoms with Crippen molar-refractivity contribution in [2.24, 2.45) is 5.41 Å². The van der Waals surface area contributed by atoms with E-state index >= 15 is 0 Å². The molecule has 0 saturated carbocycles. The Hall–Kier alpha value is -2.63. The molecule has 0 aromatic heterocycles. The summed E-state index contributed by atoms with van der Waals surface area (Å²) >= 11 is 0. The highest BCUT2D eigenvalue weighted by atomic mass is 16.5. The van der Waals surface area contributed by atoms with Crippen LogP contribution in [0.3, 0.4) is 0 Å². The maximum atomic E-state index is 10.7. The lowest BCUT2D eigenvalue weighted by molar-refractivity contribution is -0.137. The first-order valence-electron chi connectivity index (χ1n) is 13.4. The summed E-state index contributed by atoms with van der Waals surface area (Å²) in [5.74, 6) is -0.119. The van der Waals surface area contributed by atoms with E-state index in [0.717, 1.165) is 29.7 Å². The highest BCUT2D eigenvalue weighted by Crippen LogP contribution is 2.41. The molecule has 3 N–H and O–H groups in total. The summed E-state index contributed by atoms with van der Waals surface area (Å²) in [7, 11) is 0. The summed E-state index contributed by atoms with van der Waals surface area (Å²) < 4.78 is 5.88. The first kappa shape index (κ1) is 30.6. The van der Waals surface area contributed by atoms with Gasteiger partial charge in [-0.3, -0.25) is 4.79 Å². The standard InChI is InChI=1S/C32H46O5/c1-8-32(9-2,25-15-13-24(22(3)19-25)14-18-29(34)31(5,6)7)26-16-17-28(23(4)20-26)37-21-27(33)11-10-12-30(35)36/h13-20,27,29,33-34H,8-12,21H2,1-7H3,(H,35,36)/b18-14+/t27-,29?/m1/s1. The molecule has 2 aromatic carbocycles. The van der Waals surface area contributed by atoms with Crippen molar-refractivity contribution in [1.29, 1.82) is 0 Å². The van der Waals surface area contributed by atoms with Crippen LogP contribution in [-0.2, 0) is 10.2 Å². The highest BCUT2D eigenvalue weighted by Gasteiger charge is 2.31. The third-order valence-corrected chi connectivity index (χ3v) is 7.46. The molecule has 204 valence electrons. The van der Waals surface area contributed by atoms with Crippen LogP contribution >= 0.6 is 0 Å². The largest absolute Gasteiger partial charge is 0.491 e. The van der Waals surface area contributed by atoms with Gasteiger partial charge >= 0.3 is 5.97 Å². The summed E-state index contributed by atoms with van der Waals surface area (Å²) in [6.45, 7) is 14.8. The molecule has 0 amide bonds. The van der Waals surface area contributed by atoms with Crippen molar-refractivity contribution < 1.29 is 24.9 Å². The van der Waals surface area contributed by atoms with Gasteiger partial charge in [0.25, 0.3) is 0 Å². The molecule has 0 radical (unpaired) electrons. The lowest BCUT2D eigenvalue weighted by Gasteiger charge is -2.34. The first-order valence-corrected chi connectivity index (χ1v) is 13.4. The maximum absolute atomic E-state index is 10.7. The molecular formula is C32H46O5. The van der Waals surface area contributed by atoms with E-state index in [1.54, 1.807) is 0 Å². The molecule has 5 heteroatoms. The Morgan fingerprint density at radius 1 is 0.973 bits per heavy atom. The molecule has 0 bridgehead atoms. The SMILES string of the molecule is CCC(CC)(c1ccc(/C=C/C(O)C(C)(C)C)c(C)c1)c1ccc(OC[C@H](O)CCCC(=O)O)c(C)c1. The monoisotopic (exact) mass is 510 g/mol. The summed E-state index contributed by atoms with van der Waals surface area (Å²) in [6.07, 6.45) is 5.47. The van der Waals surface area contributed by atoms with Gasteiger partial charge in [-0.05, 0) is 78.8 Å². The lowest BCUT2D eigenvalue weighted by atomic mass is 9.70. The molecule has 2 aromatic rings. The number of rotatable bonds is 13. The number of aliphatic hydroxyl groups is 2. The van der Waals surface area contributed by atoms with Crippen molar-refractivity contribution in [2.75, 3.05) is 6.61 Å². The topological polar surface area (TPSA) is 87.0 Å². The molecule has 0 fully saturated rings. The minimum Gasteiger partial charge on any atom is -0.491 e. The Bertz CT molecular complexity index is 1060. The fourth-order valence-corrected chi connectivity index (χ4v) is 4.74. The number of ether oxygens (including phenoxy) is 1. The van der Waals surface area contributed by atoms with Crippen molar-refractivity contribution >= 4 is 12.0 Å². The molecule has 0 spiro atoms. The number of hydrogen-bond donors (Lipinski definition) is 3. The molecular weight excluding hydrogens is 464 g/mol. The van der Waals surface area contributed by atoms with Gasteiger partial charge in [0.15, 0.2) is 0 Å². The third-order valence-electron chi connectivity index (χ3n) is 7.46. The lowest BCUT2D eigenvalue weighted by Crippen LogP contribution is -2.26. The molecule has 1 unspecified atom stereocenters. The number of aryl methyl sites for hydroxylation is 2. The predicted molar refractivity (Wildman–Crippen MR) is 151 cm³/mol. The van der Waals surface area contributed by atoms with E-state index in [0.29, 0.717) is 12.8 Å². The summed E-state index contributed by atoms with van der Waals surface area (Å²) in [4.78, 5) is 10.7. The van der Waals surface area contributed by atoms with E-state index in [-0.39, 0.29) is 23.9 Å². The zero-order valence-electron chi connectivity index (χ0n) is 23.7. The molecule has 2 atom stereocenters. The predicted octanol–water partition coefficient (Wildman–Crippen LogP) is 6.82. The van der Waals surface area contributed by atoms with Gasteiger partial charge in [-0.2, -0.15) is 0 Å². The Balaban J connectivity index is 2.24. The summed E-state index contributed by atoms with van der Waals surface area (Å²) in [5.41, 5.74) is 5.45. The smallest absolute Gasteiger partial charge is 0.303 e. The van der Waals surface area contributed by atoms with Gasteiger partial charge in [0.2, 0.25) is 0 Å². The fraction of sp³-hybridized carbons (Fsp3) is 0.531. The van der Waals surface area contributed by atoms with Gasteiger partial charge in [0.1, 0.15) is 12.4 Å². The van der Waals surface area contributed by atoms with Gasteiger partial charge in [-0.15, -0.1) is 0 Å². The number of hydrogen-bond acceptors (Lipinski definition) is 4. The quantitative estimate of drug-likeness (QED) is 0.275. The van der Waals surface area contributed by atoms with E-state index < -0.39 is 18.2 Å². The second kappa shape index (κ2) is 13.3. The van der Waals surface area contributed by atoms with Crippen LogP contribution in [0.15, 0.2) is 42.5 Å². The number of benzene rings is 2. The number of carbonyl (C=O) groups is 1. The van der Waals surface area contributed by atoms with Crippen LogP contribution in [0.25, 0.3) is 6.08 Å². The molecule has 0 heterocycles. The number of carboxylic acids is 1. The third kappa shape index (κ3) is 8.18. The minimum absolute atomic E-state index is 0.0521. The molecule has 0 aliphatic carbocycles. The molecule has 37 heavy (non-hydrogen) atoms.